The second kappa shape index (κ2) is 6.61. The third-order valence-electron chi connectivity index (χ3n) is 3.48. The van der Waals surface area contributed by atoms with Crippen molar-refractivity contribution >= 4 is 33.2 Å². The third-order valence-corrected chi connectivity index (χ3v) is 4.44. The van der Waals surface area contributed by atoms with E-state index in [0.29, 0.717) is 6.04 Å². The Morgan fingerprint density at radius 3 is 2.65 bits per heavy atom. The van der Waals surface area contributed by atoms with Crippen LogP contribution in [0.1, 0.15) is 24.1 Å². The molecular formula is C16H18BrClN2. The van der Waals surface area contributed by atoms with Crippen LogP contribution in [0.2, 0.25) is 5.02 Å². The van der Waals surface area contributed by atoms with Gasteiger partial charge in [-0.3, -0.25) is 4.90 Å². The van der Waals surface area contributed by atoms with E-state index < -0.39 is 0 Å². The van der Waals surface area contributed by atoms with Gasteiger partial charge in [0.1, 0.15) is 0 Å². The van der Waals surface area contributed by atoms with Gasteiger partial charge in [0.2, 0.25) is 0 Å². The molecule has 2 N–H and O–H groups in total. The van der Waals surface area contributed by atoms with E-state index in [1.807, 2.05) is 30.3 Å². The molecule has 2 rings (SSSR count). The van der Waals surface area contributed by atoms with Crippen molar-refractivity contribution in [2.45, 2.75) is 19.5 Å². The van der Waals surface area contributed by atoms with Crippen LogP contribution in [-0.2, 0) is 6.54 Å². The molecule has 2 aromatic rings. The van der Waals surface area contributed by atoms with Crippen LogP contribution in [0.3, 0.4) is 0 Å². The van der Waals surface area contributed by atoms with Crippen LogP contribution >= 0.6 is 27.5 Å². The predicted molar refractivity (Wildman–Crippen MR) is 89.9 cm³/mol. The van der Waals surface area contributed by atoms with E-state index in [4.69, 9.17) is 17.3 Å². The zero-order chi connectivity index (χ0) is 14.7. The Morgan fingerprint density at radius 1 is 1.25 bits per heavy atom. The minimum absolute atomic E-state index is 0.290. The molecule has 0 fully saturated rings. The number of anilines is 1. The van der Waals surface area contributed by atoms with Crippen molar-refractivity contribution in [3.8, 4) is 0 Å². The molecule has 1 atom stereocenters. The molecule has 2 aromatic carbocycles. The Labute approximate surface area is 133 Å². The highest BCUT2D eigenvalue weighted by atomic mass is 79.9. The van der Waals surface area contributed by atoms with Gasteiger partial charge in [-0.25, -0.2) is 0 Å². The first-order valence-electron chi connectivity index (χ1n) is 6.47. The maximum absolute atomic E-state index is 6.05. The zero-order valence-corrected chi connectivity index (χ0v) is 13.9. The second-order valence-electron chi connectivity index (χ2n) is 5.00. The van der Waals surface area contributed by atoms with Gasteiger partial charge < -0.3 is 5.73 Å². The Balaban J connectivity index is 2.11. The van der Waals surface area contributed by atoms with E-state index in [1.165, 1.54) is 11.1 Å². The molecule has 4 heteroatoms. The van der Waals surface area contributed by atoms with Crippen LogP contribution in [-0.4, -0.2) is 11.9 Å². The second-order valence-corrected chi connectivity index (χ2v) is 6.29. The zero-order valence-electron chi connectivity index (χ0n) is 11.6. The van der Waals surface area contributed by atoms with Gasteiger partial charge in [-0.2, -0.15) is 0 Å². The van der Waals surface area contributed by atoms with Crippen molar-refractivity contribution in [1.82, 2.24) is 4.90 Å². The molecule has 1 unspecified atom stereocenters. The van der Waals surface area contributed by atoms with Crippen LogP contribution in [0.5, 0.6) is 0 Å². The monoisotopic (exact) mass is 352 g/mol. The topological polar surface area (TPSA) is 29.3 Å². The van der Waals surface area contributed by atoms with Crippen LogP contribution in [0.25, 0.3) is 0 Å². The molecule has 0 amide bonds. The van der Waals surface area contributed by atoms with E-state index in [2.05, 4.69) is 46.9 Å². The summed E-state index contributed by atoms with van der Waals surface area (Å²) in [6.07, 6.45) is 0. The fourth-order valence-corrected chi connectivity index (χ4v) is 2.58. The molecule has 0 aliphatic heterocycles. The number of nitrogens with zero attached hydrogens (tertiary/aromatic N) is 1. The number of hydrogen-bond acceptors (Lipinski definition) is 2. The SMILES string of the molecule is CC(c1cccc(Cl)c1)N(C)Cc1ccc(Br)c(N)c1. The van der Waals surface area contributed by atoms with Gasteiger partial charge in [0, 0.05) is 27.8 Å². The lowest BCUT2D eigenvalue weighted by atomic mass is 10.1. The van der Waals surface area contributed by atoms with Gasteiger partial charge in [0.15, 0.2) is 0 Å². The highest BCUT2D eigenvalue weighted by Gasteiger charge is 2.12. The Kier molecular flexibility index (Phi) is 5.08. The molecule has 0 bridgehead atoms. The van der Waals surface area contributed by atoms with Crippen LogP contribution in [0.15, 0.2) is 46.9 Å². The Morgan fingerprint density at radius 2 is 2.00 bits per heavy atom. The molecule has 20 heavy (non-hydrogen) atoms. The summed E-state index contributed by atoms with van der Waals surface area (Å²) in [7, 11) is 2.10. The summed E-state index contributed by atoms with van der Waals surface area (Å²) in [6, 6.07) is 14.4. The van der Waals surface area contributed by atoms with Crippen molar-refractivity contribution in [3.05, 3.63) is 63.1 Å². The summed E-state index contributed by atoms with van der Waals surface area (Å²) >= 11 is 9.47. The standard InChI is InChI=1S/C16H18BrClN2/c1-11(13-4-3-5-14(18)9-13)20(2)10-12-6-7-15(17)16(19)8-12/h3-9,11H,10,19H2,1-2H3. The molecule has 0 spiro atoms. The summed E-state index contributed by atoms with van der Waals surface area (Å²) in [5.41, 5.74) is 9.10. The quantitative estimate of drug-likeness (QED) is 0.794. The summed E-state index contributed by atoms with van der Waals surface area (Å²) < 4.78 is 0.937. The first-order valence-corrected chi connectivity index (χ1v) is 7.64. The minimum atomic E-state index is 0.290. The number of nitrogen functional groups attached to an aromatic ring is 1. The summed E-state index contributed by atoms with van der Waals surface area (Å²) in [5, 5.41) is 0.774. The lowest BCUT2D eigenvalue weighted by molar-refractivity contribution is 0.253. The maximum Gasteiger partial charge on any atom is 0.0461 e. The average Bonchev–Trinajstić information content (AvgIpc) is 2.42. The summed E-state index contributed by atoms with van der Waals surface area (Å²) in [6.45, 7) is 3.01. The van der Waals surface area contributed by atoms with Crippen molar-refractivity contribution in [3.63, 3.8) is 0 Å². The number of halogens is 2. The predicted octanol–water partition coefficient (Wildman–Crippen LogP) is 4.88. The normalized spacial score (nSPS) is 12.7. The average molecular weight is 354 g/mol. The molecule has 0 aromatic heterocycles. The van der Waals surface area contributed by atoms with Gasteiger partial charge in [-0.05, 0) is 65.3 Å². The first kappa shape index (κ1) is 15.4. The molecule has 106 valence electrons. The number of hydrogen-bond donors (Lipinski definition) is 1. The number of benzene rings is 2. The molecule has 0 aliphatic rings. The number of rotatable bonds is 4. The molecular weight excluding hydrogens is 336 g/mol. The van der Waals surface area contributed by atoms with Gasteiger partial charge in [0.05, 0.1) is 0 Å². The minimum Gasteiger partial charge on any atom is -0.398 e. The van der Waals surface area contributed by atoms with Crippen molar-refractivity contribution in [2.75, 3.05) is 12.8 Å². The van der Waals surface area contributed by atoms with E-state index in [0.717, 1.165) is 21.7 Å². The van der Waals surface area contributed by atoms with Crippen molar-refractivity contribution < 1.29 is 0 Å². The van der Waals surface area contributed by atoms with Gasteiger partial charge >= 0.3 is 0 Å². The smallest absolute Gasteiger partial charge is 0.0461 e. The molecule has 0 heterocycles. The largest absolute Gasteiger partial charge is 0.398 e. The summed E-state index contributed by atoms with van der Waals surface area (Å²) in [5.74, 6) is 0. The fourth-order valence-electron chi connectivity index (χ4n) is 2.14. The van der Waals surface area contributed by atoms with Gasteiger partial charge in [-0.15, -0.1) is 0 Å². The van der Waals surface area contributed by atoms with Gasteiger partial charge in [0.25, 0.3) is 0 Å². The lowest BCUT2D eigenvalue weighted by Crippen LogP contribution is -2.22. The molecule has 2 nitrogen and oxygen atoms in total. The van der Waals surface area contributed by atoms with Gasteiger partial charge in [-0.1, -0.05) is 29.8 Å². The van der Waals surface area contributed by atoms with Crippen molar-refractivity contribution in [2.24, 2.45) is 0 Å². The highest BCUT2D eigenvalue weighted by molar-refractivity contribution is 9.10. The first-order chi connectivity index (χ1) is 9.47. The lowest BCUT2D eigenvalue weighted by Gasteiger charge is -2.25. The van der Waals surface area contributed by atoms with E-state index >= 15 is 0 Å². The van der Waals surface area contributed by atoms with E-state index in [9.17, 15) is 0 Å². The number of nitrogens with two attached hydrogens (primary N) is 1. The molecule has 0 saturated carbocycles. The molecule has 0 saturated heterocycles. The third kappa shape index (κ3) is 3.75. The van der Waals surface area contributed by atoms with Crippen LogP contribution in [0.4, 0.5) is 5.69 Å². The Bertz CT molecular complexity index is 601. The van der Waals surface area contributed by atoms with E-state index in [1.54, 1.807) is 0 Å². The molecule has 0 radical (unpaired) electrons. The molecule has 0 aliphatic carbocycles. The maximum atomic E-state index is 6.05. The Hall–Kier alpha value is -1.03. The van der Waals surface area contributed by atoms with Crippen LogP contribution < -0.4 is 5.73 Å². The van der Waals surface area contributed by atoms with E-state index in [-0.39, 0.29) is 0 Å². The summed E-state index contributed by atoms with van der Waals surface area (Å²) in [4.78, 5) is 2.27. The van der Waals surface area contributed by atoms with Crippen LogP contribution in [0, 0.1) is 0 Å². The fraction of sp³-hybridized carbons (Fsp3) is 0.250. The highest BCUT2D eigenvalue weighted by Crippen LogP contribution is 2.25. The van der Waals surface area contributed by atoms with Crippen molar-refractivity contribution in [1.29, 1.82) is 0 Å².